The van der Waals surface area contributed by atoms with Crippen molar-refractivity contribution >= 4 is 22.9 Å². The minimum Gasteiger partial charge on any atom is -0.449 e. The Morgan fingerprint density at radius 1 is 1.05 bits per heavy atom. The molecule has 9 heteroatoms. The lowest BCUT2D eigenvalue weighted by Gasteiger charge is -2.46. The van der Waals surface area contributed by atoms with Crippen LogP contribution in [0.1, 0.15) is 60.2 Å². The molecule has 2 amide bonds. The van der Waals surface area contributed by atoms with E-state index in [2.05, 4.69) is 18.9 Å². The molecule has 37 heavy (non-hydrogen) atoms. The second kappa shape index (κ2) is 9.14. The molecule has 4 heterocycles. The van der Waals surface area contributed by atoms with Crippen LogP contribution in [0.5, 0.6) is 0 Å². The highest BCUT2D eigenvalue weighted by Crippen LogP contribution is 2.33. The minimum absolute atomic E-state index is 0.108. The smallest absolute Gasteiger partial charge is 0.290 e. The van der Waals surface area contributed by atoms with E-state index < -0.39 is 5.54 Å². The summed E-state index contributed by atoms with van der Waals surface area (Å²) in [7, 11) is 1.74. The molecule has 0 spiro atoms. The van der Waals surface area contributed by atoms with Gasteiger partial charge in [0.05, 0.1) is 11.2 Å². The van der Waals surface area contributed by atoms with E-state index in [-0.39, 0.29) is 29.3 Å². The molecule has 0 unspecified atom stereocenters. The number of halogens is 1. The Kier molecular flexibility index (Phi) is 6.09. The number of nitrogens with zero attached hydrogens (tertiary/aromatic N) is 5. The highest BCUT2D eigenvalue weighted by atomic mass is 19.1. The van der Waals surface area contributed by atoms with E-state index in [1.165, 1.54) is 12.1 Å². The second-order valence-corrected chi connectivity index (χ2v) is 10.4. The van der Waals surface area contributed by atoms with Gasteiger partial charge in [-0.15, -0.1) is 0 Å². The lowest BCUT2D eigenvalue weighted by atomic mass is 9.98. The van der Waals surface area contributed by atoms with E-state index in [0.29, 0.717) is 42.1 Å². The largest absolute Gasteiger partial charge is 0.449 e. The van der Waals surface area contributed by atoms with Gasteiger partial charge in [0.15, 0.2) is 11.3 Å². The lowest BCUT2D eigenvalue weighted by molar-refractivity contribution is 0.0146. The first kappa shape index (κ1) is 24.7. The Morgan fingerprint density at radius 2 is 1.78 bits per heavy atom. The molecular weight excluding hydrogens is 473 g/mol. The molecule has 0 aliphatic carbocycles. The van der Waals surface area contributed by atoms with Crippen LogP contribution in [-0.2, 0) is 7.05 Å². The minimum atomic E-state index is -0.615. The van der Waals surface area contributed by atoms with Gasteiger partial charge in [-0.05, 0) is 56.2 Å². The lowest BCUT2D eigenvalue weighted by Crippen LogP contribution is -2.62. The predicted molar refractivity (Wildman–Crippen MR) is 138 cm³/mol. The van der Waals surface area contributed by atoms with Crippen LogP contribution in [0, 0.1) is 5.82 Å². The predicted octanol–water partition coefficient (Wildman–Crippen LogP) is 4.87. The monoisotopic (exact) mass is 503 g/mol. The molecule has 192 valence electrons. The van der Waals surface area contributed by atoms with E-state index >= 15 is 0 Å². The van der Waals surface area contributed by atoms with Gasteiger partial charge < -0.3 is 14.2 Å². The molecule has 4 aromatic rings. The Bertz CT molecular complexity index is 1490. The molecule has 1 aliphatic rings. The fourth-order valence-electron chi connectivity index (χ4n) is 4.93. The van der Waals surface area contributed by atoms with Crippen molar-refractivity contribution in [3.05, 3.63) is 71.5 Å². The zero-order valence-electron chi connectivity index (χ0n) is 21.7. The normalized spacial score (nSPS) is 15.5. The van der Waals surface area contributed by atoms with Gasteiger partial charge >= 0.3 is 0 Å². The first-order chi connectivity index (χ1) is 17.5. The summed E-state index contributed by atoms with van der Waals surface area (Å²) in [4.78, 5) is 34.9. The zero-order chi connectivity index (χ0) is 26.5. The van der Waals surface area contributed by atoms with Crippen LogP contribution in [-0.4, -0.2) is 61.6 Å². The van der Waals surface area contributed by atoms with Gasteiger partial charge in [-0.25, -0.2) is 9.37 Å². The molecule has 8 nitrogen and oxygen atoms in total. The number of fused-ring (bicyclic) bond motifs is 1. The molecule has 1 fully saturated rings. The molecule has 0 bridgehead atoms. The molecule has 3 aromatic heterocycles. The first-order valence-corrected chi connectivity index (χ1v) is 12.3. The van der Waals surface area contributed by atoms with E-state index in [1.54, 1.807) is 52.0 Å². The molecule has 5 rings (SSSR count). The summed E-state index contributed by atoms with van der Waals surface area (Å²) >= 11 is 0. The standard InChI is InChI=1S/C28H30FN5O3/c1-17(2)20-14-21(18-6-8-19(29)9-7-18)31-22-15-24(37-25(20)22)27(36)34-13-12-33(16-28(34,3)4)26(35)23-10-11-30-32(23)5/h6-11,14-15,17H,12-13,16H2,1-5H3. The van der Waals surface area contributed by atoms with E-state index in [1.807, 2.05) is 19.9 Å². The van der Waals surface area contributed by atoms with E-state index in [0.717, 1.165) is 11.1 Å². The number of amides is 2. The van der Waals surface area contributed by atoms with Crippen molar-refractivity contribution in [3.63, 3.8) is 0 Å². The highest BCUT2D eigenvalue weighted by molar-refractivity contribution is 5.97. The number of hydrogen-bond acceptors (Lipinski definition) is 5. The summed E-state index contributed by atoms with van der Waals surface area (Å²) in [6.45, 7) is 9.15. The summed E-state index contributed by atoms with van der Waals surface area (Å²) in [6.07, 6.45) is 1.60. The van der Waals surface area contributed by atoms with Crippen LogP contribution >= 0.6 is 0 Å². The Hall–Kier alpha value is -4.01. The van der Waals surface area contributed by atoms with Gasteiger partial charge in [-0.3, -0.25) is 14.3 Å². The van der Waals surface area contributed by atoms with Crippen molar-refractivity contribution in [3.8, 4) is 11.3 Å². The highest BCUT2D eigenvalue weighted by Gasteiger charge is 2.40. The number of piperazine rings is 1. The van der Waals surface area contributed by atoms with Crippen molar-refractivity contribution < 1.29 is 18.4 Å². The number of furan rings is 1. The number of benzene rings is 1. The Morgan fingerprint density at radius 3 is 2.41 bits per heavy atom. The second-order valence-electron chi connectivity index (χ2n) is 10.4. The molecule has 0 radical (unpaired) electrons. The van der Waals surface area contributed by atoms with Crippen molar-refractivity contribution in [2.24, 2.45) is 7.05 Å². The van der Waals surface area contributed by atoms with Crippen molar-refractivity contribution in [2.45, 2.75) is 39.2 Å². The number of carbonyl (C=O) groups excluding carboxylic acids is 2. The van der Waals surface area contributed by atoms with E-state index in [4.69, 9.17) is 9.40 Å². The fraction of sp³-hybridized carbons (Fsp3) is 0.357. The van der Waals surface area contributed by atoms with Gasteiger partial charge in [0.25, 0.3) is 11.8 Å². The first-order valence-electron chi connectivity index (χ1n) is 12.3. The summed E-state index contributed by atoms with van der Waals surface area (Å²) in [6, 6.07) is 11.5. The maximum atomic E-state index is 13.7. The molecular formula is C28H30FN5O3. The molecule has 1 aromatic carbocycles. The van der Waals surface area contributed by atoms with E-state index in [9.17, 15) is 14.0 Å². The van der Waals surface area contributed by atoms with Crippen LogP contribution in [0.15, 0.2) is 53.1 Å². The van der Waals surface area contributed by atoms with Gasteiger partial charge in [0.2, 0.25) is 0 Å². The number of aryl methyl sites for hydroxylation is 1. The van der Waals surface area contributed by atoms with Crippen LogP contribution in [0.3, 0.4) is 0 Å². The third-order valence-electron chi connectivity index (χ3n) is 6.95. The number of aromatic nitrogens is 3. The number of pyridine rings is 1. The van der Waals surface area contributed by atoms with Gasteiger partial charge in [0.1, 0.15) is 17.0 Å². The Balaban J connectivity index is 1.44. The molecule has 0 saturated carbocycles. The quantitative estimate of drug-likeness (QED) is 0.397. The van der Waals surface area contributed by atoms with Gasteiger partial charge in [-0.1, -0.05) is 13.8 Å². The molecule has 1 aliphatic heterocycles. The van der Waals surface area contributed by atoms with Crippen molar-refractivity contribution in [1.29, 1.82) is 0 Å². The summed E-state index contributed by atoms with van der Waals surface area (Å²) < 4.78 is 21.1. The van der Waals surface area contributed by atoms with Gasteiger partial charge in [0, 0.05) is 50.1 Å². The molecule has 1 saturated heterocycles. The average Bonchev–Trinajstić information content (AvgIpc) is 3.48. The summed E-state index contributed by atoms with van der Waals surface area (Å²) in [5.41, 5.74) is 3.46. The van der Waals surface area contributed by atoms with Crippen LogP contribution < -0.4 is 0 Å². The maximum absolute atomic E-state index is 13.7. The molecule has 0 N–H and O–H groups in total. The van der Waals surface area contributed by atoms with Gasteiger partial charge in [-0.2, -0.15) is 5.10 Å². The van der Waals surface area contributed by atoms with Crippen LogP contribution in [0.2, 0.25) is 0 Å². The average molecular weight is 504 g/mol. The van der Waals surface area contributed by atoms with Crippen molar-refractivity contribution in [1.82, 2.24) is 24.6 Å². The summed E-state index contributed by atoms with van der Waals surface area (Å²) in [5, 5.41) is 4.09. The molecule has 0 atom stereocenters. The topological polar surface area (TPSA) is 84.5 Å². The third kappa shape index (κ3) is 4.50. The SMILES string of the molecule is CC(C)c1cc(-c2ccc(F)cc2)nc2cc(C(=O)N3CCN(C(=O)c4ccnn4C)CC3(C)C)oc12. The van der Waals surface area contributed by atoms with Crippen molar-refractivity contribution in [2.75, 3.05) is 19.6 Å². The fourth-order valence-corrected chi connectivity index (χ4v) is 4.93. The number of rotatable bonds is 4. The summed E-state index contributed by atoms with van der Waals surface area (Å²) in [5.74, 6) is -0.330. The third-order valence-corrected chi connectivity index (χ3v) is 6.95. The maximum Gasteiger partial charge on any atom is 0.290 e. The number of hydrogen-bond donors (Lipinski definition) is 0. The zero-order valence-corrected chi connectivity index (χ0v) is 21.7. The van der Waals surface area contributed by atoms with Crippen LogP contribution in [0.25, 0.3) is 22.4 Å². The Labute approximate surface area is 214 Å². The number of carbonyl (C=O) groups is 2. The van der Waals surface area contributed by atoms with Crippen LogP contribution in [0.4, 0.5) is 4.39 Å².